The zero-order valence-corrected chi connectivity index (χ0v) is 10.5. The smallest absolute Gasteiger partial charge is 0.141 e. The Morgan fingerprint density at radius 3 is 2.94 bits per heavy atom. The first-order valence-corrected chi connectivity index (χ1v) is 6.33. The summed E-state index contributed by atoms with van der Waals surface area (Å²) in [6.45, 7) is 0.784. The average Bonchev–Trinajstić information content (AvgIpc) is 3.08. The van der Waals surface area contributed by atoms with Gasteiger partial charge in [0, 0.05) is 23.8 Å². The number of rotatable bonds is 4. The van der Waals surface area contributed by atoms with Crippen LogP contribution in [0.25, 0.3) is 11.3 Å². The van der Waals surface area contributed by atoms with Crippen molar-refractivity contribution in [1.29, 1.82) is 0 Å². The number of nitrogens with one attached hydrogen (secondary N) is 2. The van der Waals surface area contributed by atoms with Crippen molar-refractivity contribution < 1.29 is 4.39 Å². The number of halogens is 2. The molecule has 94 valence electrons. The Morgan fingerprint density at radius 2 is 2.22 bits per heavy atom. The molecule has 0 bridgehead atoms. The zero-order chi connectivity index (χ0) is 12.5. The lowest BCUT2D eigenvalue weighted by Crippen LogP contribution is -2.15. The molecule has 1 aliphatic rings. The molecule has 0 atom stereocenters. The predicted molar refractivity (Wildman–Crippen MR) is 68.9 cm³/mol. The van der Waals surface area contributed by atoms with Gasteiger partial charge in [0.15, 0.2) is 0 Å². The van der Waals surface area contributed by atoms with Crippen molar-refractivity contribution in [1.82, 2.24) is 15.5 Å². The predicted octanol–water partition coefficient (Wildman–Crippen LogP) is 3.12. The van der Waals surface area contributed by atoms with E-state index < -0.39 is 5.82 Å². The van der Waals surface area contributed by atoms with Gasteiger partial charge in [-0.2, -0.15) is 5.10 Å². The lowest BCUT2D eigenvalue weighted by atomic mass is 10.1. The molecule has 2 aromatic rings. The number of aromatic amines is 1. The first-order chi connectivity index (χ1) is 8.72. The van der Waals surface area contributed by atoms with E-state index in [1.54, 1.807) is 12.1 Å². The Hall–Kier alpha value is -1.39. The van der Waals surface area contributed by atoms with E-state index in [9.17, 15) is 4.39 Å². The molecule has 1 saturated carbocycles. The van der Waals surface area contributed by atoms with Crippen molar-refractivity contribution in [2.45, 2.75) is 25.4 Å². The summed E-state index contributed by atoms with van der Waals surface area (Å²) >= 11 is 5.76. The molecule has 0 amide bonds. The average molecular weight is 266 g/mol. The summed E-state index contributed by atoms with van der Waals surface area (Å²) in [6.07, 6.45) is 2.52. The molecule has 0 unspecified atom stereocenters. The molecule has 18 heavy (non-hydrogen) atoms. The lowest BCUT2D eigenvalue weighted by molar-refractivity contribution is 0.628. The van der Waals surface area contributed by atoms with E-state index in [2.05, 4.69) is 15.5 Å². The van der Waals surface area contributed by atoms with E-state index in [4.69, 9.17) is 11.6 Å². The van der Waals surface area contributed by atoms with Crippen LogP contribution in [-0.2, 0) is 6.54 Å². The molecular weight excluding hydrogens is 253 g/mol. The number of benzene rings is 1. The Kier molecular flexibility index (Phi) is 3.06. The molecule has 0 saturated heterocycles. The molecule has 5 heteroatoms. The first-order valence-electron chi connectivity index (χ1n) is 5.95. The molecule has 1 aliphatic carbocycles. The molecule has 3 nitrogen and oxygen atoms in total. The fourth-order valence-corrected chi connectivity index (χ4v) is 1.98. The van der Waals surface area contributed by atoms with Gasteiger partial charge in [-0.25, -0.2) is 4.39 Å². The van der Waals surface area contributed by atoms with Crippen molar-refractivity contribution >= 4 is 11.6 Å². The highest BCUT2D eigenvalue weighted by atomic mass is 35.5. The molecule has 1 aromatic carbocycles. The third kappa shape index (κ3) is 2.54. The van der Waals surface area contributed by atoms with Gasteiger partial charge in [-0.1, -0.05) is 11.6 Å². The quantitative estimate of drug-likeness (QED) is 0.892. The summed E-state index contributed by atoms with van der Waals surface area (Å²) in [5.41, 5.74) is 2.62. The first kappa shape index (κ1) is 11.7. The van der Waals surface area contributed by atoms with Gasteiger partial charge in [0.1, 0.15) is 5.82 Å². The van der Waals surface area contributed by atoms with Crippen LogP contribution in [0.2, 0.25) is 5.02 Å². The minimum atomic E-state index is -0.411. The number of nitrogens with zero attached hydrogens (tertiary/aromatic N) is 1. The molecule has 0 radical (unpaired) electrons. The number of aromatic nitrogens is 2. The minimum Gasteiger partial charge on any atom is -0.308 e. The summed E-state index contributed by atoms with van der Waals surface area (Å²) in [4.78, 5) is 0. The fraction of sp³-hybridized carbons (Fsp3) is 0.308. The molecule has 3 rings (SSSR count). The van der Waals surface area contributed by atoms with Crippen molar-refractivity contribution in [2.24, 2.45) is 0 Å². The molecule has 1 heterocycles. The maximum atomic E-state index is 13.1. The number of H-pyrrole nitrogens is 1. The zero-order valence-electron chi connectivity index (χ0n) is 9.71. The summed E-state index contributed by atoms with van der Waals surface area (Å²) in [5, 5.41) is 10.7. The normalized spacial score (nSPS) is 15.0. The van der Waals surface area contributed by atoms with Crippen LogP contribution in [0.1, 0.15) is 18.5 Å². The van der Waals surface area contributed by atoms with Crippen molar-refractivity contribution in [2.75, 3.05) is 0 Å². The van der Waals surface area contributed by atoms with Gasteiger partial charge < -0.3 is 5.32 Å². The van der Waals surface area contributed by atoms with Crippen LogP contribution < -0.4 is 5.32 Å². The summed E-state index contributed by atoms with van der Waals surface area (Å²) in [6, 6.07) is 7.24. The number of hydrogen-bond donors (Lipinski definition) is 2. The van der Waals surface area contributed by atoms with Crippen molar-refractivity contribution in [3.63, 3.8) is 0 Å². The molecule has 2 N–H and O–H groups in total. The van der Waals surface area contributed by atoms with Gasteiger partial charge in [0.05, 0.1) is 10.7 Å². The van der Waals surface area contributed by atoms with Gasteiger partial charge in [0.25, 0.3) is 0 Å². The maximum Gasteiger partial charge on any atom is 0.141 e. The Balaban J connectivity index is 1.76. The van der Waals surface area contributed by atoms with Gasteiger partial charge >= 0.3 is 0 Å². The van der Waals surface area contributed by atoms with Crippen LogP contribution in [0.5, 0.6) is 0 Å². The van der Waals surface area contributed by atoms with Gasteiger partial charge in [-0.15, -0.1) is 0 Å². The topological polar surface area (TPSA) is 40.7 Å². The second-order valence-corrected chi connectivity index (χ2v) is 4.97. The van der Waals surface area contributed by atoms with Gasteiger partial charge in [-0.3, -0.25) is 5.10 Å². The second-order valence-electron chi connectivity index (χ2n) is 4.56. The molecule has 1 fully saturated rings. The van der Waals surface area contributed by atoms with Crippen LogP contribution in [0.15, 0.2) is 24.3 Å². The lowest BCUT2D eigenvalue weighted by Gasteiger charge is -1.98. The summed E-state index contributed by atoms with van der Waals surface area (Å²) in [7, 11) is 0. The molecular formula is C13H13ClFN3. The van der Waals surface area contributed by atoms with E-state index in [0.29, 0.717) is 6.04 Å². The fourth-order valence-electron chi connectivity index (χ4n) is 1.80. The third-order valence-corrected chi connectivity index (χ3v) is 3.29. The van der Waals surface area contributed by atoms with Crippen LogP contribution in [0.4, 0.5) is 4.39 Å². The number of hydrogen-bond acceptors (Lipinski definition) is 2. The highest BCUT2D eigenvalue weighted by Crippen LogP contribution is 2.24. The van der Waals surface area contributed by atoms with E-state index in [-0.39, 0.29) is 5.02 Å². The van der Waals surface area contributed by atoms with Gasteiger partial charge in [-0.05, 0) is 37.1 Å². The maximum absolute atomic E-state index is 13.1. The Morgan fingerprint density at radius 1 is 1.39 bits per heavy atom. The van der Waals surface area contributed by atoms with E-state index >= 15 is 0 Å². The Bertz CT molecular complexity index is 563. The monoisotopic (exact) mass is 265 g/mol. The van der Waals surface area contributed by atoms with Gasteiger partial charge in [0.2, 0.25) is 0 Å². The largest absolute Gasteiger partial charge is 0.308 e. The third-order valence-electron chi connectivity index (χ3n) is 3.00. The van der Waals surface area contributed by atoms with E-state index in [0.717, 1.165) is 23.5 Å². The van der Waals surface area contributed by atoms with Crippen molar-refractivity contribution in [3.8, 4) is 11.3 Å². The highest BCUT2D eigenvalue weighted by Gasteiger charge is 2.20. The minimum absolute atomic E-state index is 0.119. The highest BCUT2D eigenvalue weighted by molar-refractivity contribution is 6.31. The van der Waals surface area contributed by atoms with E-state index in [1.165, 1.54) is 18.9 Å². The van der Waals surface area contributed by atoms with Crippen LogP contribution in [0, 0.1) is 5.82 Å². The second kappa shape index (κ2) is 4.71. The molecule has 1 aromatic heterocycles. The standard InChI is InChI=1S/C13H13ClFN3/c14-11-5-8(1-4-12(11)15)13-6-10(17-18-13)7-16-9-2-3-9/h1,4-6,9,16H,2-3,7H2,(H,17,18). The summed E-state index contributed by atoms with van der Waals surface area (Å²) < 4.78 is 13.1. The molecule has 0 aliphatic heterocycles. The SMILES string of the molecule is Fc1ccc(-c2cc(CNC3CC3)[nH]n2)cc1Cl. The van der Waals surface area contributed by atoms with Crippen LogP contribution in [-0.4, -0.2) is 16.2 Å². The Labute approximate surface area is 109 Å². The van der Waals surface area contributed by atoms with Crippen LogP contribution >= 0.6 is 11.6 Å². The van der Waals surface area contributed by atoms with Crippen LogP contribution in [0.3, 0.4) is 0 Å². The summed E-state index contributed by atoms with van der Waals surface area (Å²) in [5.74, 6) is -0.411. The van der Waals surface area contributed by atoms with Crippen molar-refractivity contribution in [3.05, 3.63) is 40.8 Å². The molecule has 0 spiro atoms. The van der Waals surface area contributed by atoms with E-state index in [1.807, 2.05) is 6.07 Å².